The second-order valence-corrected chi connectivity index (χ2v) is 5.23. The number of hydrogen-bond acceptors (Lipinski definition) is 6. The Balaban J connectivity index is 1.98. The van der Waals surface area contributed by atoms with Gasteiger partial charge >= 0.3 is 0 Å². The molecule has 2 aromatic heterocycles. The monoisotopic (exact) mass is 327 g/mol. The van der Waals surface area contributed by atoms with E-state index in [1.807, 2.05) is 18.2 Å². The Morgan fingerprint density at radius 3 is 2.62 bits per heavy atom. The topological polar surface area (TPSA) is 90.4 Å². The number of ether oxygens (including phenoxy) is 1. The molecular formula is C17H17N3O4. The van der Waals surface area contributed by atoms with Crippen molar-refractivity contribution in [1.82, 2.24) is 15.5 Å². The van der Waals surface area contributed by atoms with Crippen molar-refractivity contribution in [2.45, 2.75) is 19.9 Å². The summed E-state index contributed by atoms with van der Waals surface area (Å²) in [5, 5.41) is 6.80. The Bertz CT molecular complexity index is 853. The molecule has 2 heterocycles. The molecule has 0 spiro atoms. The van der Waals surface area contributed by atoms with Gasteiger partial charge in [-0.2, -0.15) is 4.98 Å². The van der Waals surface area contributed by atoms with Crippen molar-refractivity contribution < 1.29 is 18.5 Å². The number of methoxy groups -OCH3 is 1. The highest BCUT2D eigenvalue weighted by atomic mass is 16.5. The first-order valence-corrected chi connectivity index (χ1v) is 7.39. The molecule has 0 unspecified atom stereocenters. The molecule has 0 fully saturated rings. The Hall–Kier alpha value is -3.09. The molecule has 0 bridgehead atoms. The Kier molecular flexibility index (Phi) is 4.33. The number of nitrogens with zero attached hydrogens (tertiary/aromatic N) is 2. The Morgan fingerprint density at radius 2 is 2.00 bits per heavy atom. The van der Waals surface area contributed by atoms with Crippen molar-refractivity contribution in [2.75, 3.05) is 7.11 Å². The molecule has 1 atom stereocenters. The van der Waals surface area contributed by atoms with E-state index >= 15 is 0 Å². The molecule has 0 aliphatic carbocycles. The molecule has 1 N–H and O–H groups in total. The van der Waals surface area contributed by atoms with Gasteiger partial charge in [-0.3, -0.25) is 4.79 Å². The fourth-order valence-corrected chi connectivity index (χ4v) is 2.38. The number of para-hydroxylation sites is 1. The number of nitrogens with one attached hydrogen (secondary N) is 1. The molecule has 0 radical (unpaired) electrons. The van der Waals surface area contributed by atoms with E-state index in [4.69, 9.17) is 13.7 Å². The molecule has 3 rings (SSSR count). The minimum atomic E-state index is -0.628. The standard InChI is InChI=1S/C17H17N3O4/c1-10-8-9-14(23-10)17(21)19-15(16-18-11(2)24-20-16)12-6-4-5-7-13(12)22-3/h4-9,15H,1-3H3,(H,19,21)/t15-/m0/s1. The molecule has 0 aliphatic heterocycles. The lowest BCUT2D eigenvalue weighted by atomic mass is 10.0. The molecule has 1 aromatic carbocycles. The van der Waals surface area contributed by atoms with Gasteiger partial charge in [0, 0.05) is 12.5 Å². The number of aromatic nitrogens is 2. The van der Waals surface area contributed by atoms with E-state index in [1.165, 1.54) is 0 Å². The van der Waals surface area contributed by atoms with Crippen molar-refractivity contribution >= 4 is 5.91 Å². The lowest BCUT2D eigenvalue weighted by Crippen LogP contribution is -2.30. The first kappa shape index (κ1) is 15.8. The van der Waals surface area contributed by atoms with E-state index in [1.54, 1.807) is 39.2 Å². The summed E-state index contributed by atoms with van der Waals surface area (Å²) in [6.07, 6.45) is 0. The van der Waals surface area contributed by atoms with E-state index in [0.29, 0.717) is 23.2 Å². The van der Waals surface area contributed by atoms with Crippen LogP contribution >= 0.6 is 0 Å². The summed E-state index contributed by atoms with van der Waals surface area (Å²) in [5.41, 5.74) is 0.720. The number of amides is 1. The third-order valence-electron chi connectivity index (χ3n) is 3.49. The molecule has 1 amide bonds. The first-order valence-electron chi connectivity index (χ1n) is 7.39. The highest BCUT2D eigenvalue weighted by Gasteiger charge is 2.26. The molecule has 7 nitrogen and oxygen atoms in total. The van der Waals surface area contributed by atoms with Gasteiger partial charge in [-0.15, -0.1) is 0 Å². The Labute approximate surface area is 138 Å². The zero-order valence-electron chi connectivity index (χ0n) is 13.6. The van der Waals surface area contributed by atoms with Crippen LogP contribution in [0.1, 0.15) is 39.6 Å². The number of carbonyl (C=O) groups is 1. The second kappa shape index (κ2) is 6.57. The molecule has 7 heteroatoms. The number of benzene rings is 1. The van der Waals surface area contributed by atoms with Gasteiger partial charge < -0.3 is 19.0 Å². The minimum absolute atomic E-state index is 0.215. The molecule has 0 saturated carbocycles. The van der Waals surface area contributed by atoms with Crippen molar-refractivity contribution in [2.24, 2.45) is 0 Å². The van der Waals surface area contributed by atoms with Gasteiger partial charge in [-0.1, -0.05) is 23.4 Å². The molecular weight excluding hydrogens is 310 g/mol. The van der Waals surface area contributed by atoms with Gasteiger partial charge in [0.05, 0.1) is 7.11 Å². The van der Waals surface area contributed by atoms with Crippen LogP contribution in [0.15, 0.2) is 45.3 Å². The van der Waals surface area contributed by atoms with E-state index in [9.17, 15) is 4.79 Å². The molecule has 124 valence electrons. The van der Waals surface area contributed by atoms with Crippen LogP contribution in [-0.4, -0.2) is 23.2 Å². The highest BCUT2D eigenvalue weighted by Crippen LogP contribution is 2.29. The molecule has 0 aliphatic rings. The number of rotatable bonds is 5. The van der Waals surface area contributed by atoms with Crippen LogP contribution < -0.4 is 10.1 Å². The average Bonchev–Trinajstić information content (AvgIpc) is 3.21. The summed E-state index contributed by atoms with van der Waals surface area (Å²) in [6, 6.07) is 10.1. The summed E-state index contributed by atoms with van der Waals surface area (Å²) in [5.74, 6) is 1.86. The number of hydrogen-bond donors (Lipinski definition) is 1. The van der Waals surface area contributed by atoms with Gasteiger partial charge in [0.15, 0.2) is 11.6 Å². The maximum absolute atomic E-state index is 12.5. The fraction of sp³-hybridized carbons (Fsp3) is 0.235. The lowest BCUT2D eigenvalue weighted by molar-refractivity contribution is 0.0911. The summed E-state index contributed by atoms with van der Waals surface area (Å²) >= 11 is 0. The van der Waals surface area contributed by atoms with Crippen molar-refractivity contribution in [3.63, 3.8) is 0 Å². The normalized spacial score (nSPS) is 12.0. The van der Waals surface area contributed by atoms with Gasteiger partial charge in [-0.05, 0) is 25.1 Å². The highest BCUT2D eigenvalue weighted by molar-refractivity contribution is 5.92. The number of furan rings is 1. The van der Waals surface area contributed by atoms with Gasteiger partial charge in [0.25, 0.3) is 5.91 Å². The summed E-state index contributed by atoms with van der Waals surface area (Å²) < 4.78 is 15.8. The van der Waals surface area contributed by atoms with Crippen LogP contribution in [-0.2, 0) is 0 Å². The van der Waals surface area contributed by atoms with E-state index < -0.39 is 6.04 Å². The van der Waals surface area contributed by atoms with Crippen molar-refractivity contribution in [3.05, 3.63) is 65.2 Å². The second-order valence-electron chi connectivity index (χ2n) is 5.23. The van der Waals surface area contributed by atoms with E-state index in [0.717, 1.165) is 5.56 Å². The van der Waals surface area contributed by atoms with E-state index in [2.05, 4.69) is 15.5 Å². The van der Waals surface area contributed by atoms with Gasteiger partial charge in [0.1, 0.15) is 17.6 Å². The van der Waals surface area contributed by atoms with E-state index in [-0.39, 0.29) is 11.7 Å². The summed E-state index contributed by atoms with van der Waals surface area (Å²) in [6.45, 7) is 3.46. The SMILES string of the molecule is COc1ccccc1[C@H](NC(=O)c1ccc(C)o1)c1noc(C)n1. The predicted molar refractivity (Wildman–Crippen MR) is 84.8 cm³/mol. The van der Waals surface area contributed by atoms with Gasteiger partial charge in [0.2, 0.25) is 5.89 Å². The zero-order valence-corrected chi connectivity index (χ0v) is 13.6. The first-order chi connectivity index (χ1) is 11.6. The fourth-order valence-electron chi connectivity index (χ4n) is 2.38. The van der Waals surface area contributed by atoms with Crippen LogP contribution in [0.5, 0.6) is 5.75 Å². The maximum atomic E-state index is 12.5. The lowest BCUT2D eigenvalue weighted by Gasteiger charge is -2.17. The third kappa shape index (κ3) is 3.15. The third-order valence-corrected chi connectivity index (χ3v) is 3.49. The quantitative estimate of drug-likeness (QED) is 0.775. The van der Waals surface area contributed by atoms with Crippen LogP contribution in [0.4, 0.5) is 0 Å². The zero-order chi connectivity index (χ0) is 17.1. The summed E-state index contributed by atoms with van der Waals surface area (Å²) in [4.78, 5) is 16.7. The predicted octanol–water partition coefficient (Wildman–Crippen LogP) is 2.81. The molecule has 3 aromatic rings. The van der Waals surface area contributed by atoms with Crippen molar-refractivity contribution in [1.29, 1.82) is 0 Å². The minimum Gasteiger partial charge on any atom is -0.496 e. The number of carbonyl (C=O) groups excluding carboxylic acids is 1. The van der Waals surface area contributed by atoms with Crippen LogP contribution in [0.3, 0.4) is 0 Å². The van der Waals surface area contributed by atoms with Crippen LogP contribution in [0.25, 0.3) is 0 Å². The maximum Gasteiger partial charge on any atom is 0.287 e. The summed E-state index contributed by atoms with van der Waals surface area (Å²) in [7, 11) is 1.56. The van der Waals surface area contributed by atoms with Crippen LogP contribution in [0, 0.1) is 13.8 Å². The average molecular weight is 327 g/mol. The largest absolute Gasteiger partial charge is 0.496 e. The van der Waals surface area contributed by atoms with Crippen LogP contribution in [0.2, 0.25) is 0 Å². The van der Waals surface area contributed by atoms with Crippen molar-refractivity contribution in [3.8, 4) is 5.75 Å². The smallest absolute Gasteiger partial charge is 0.287 e. The molecule has 0 saturated heterocycles. The molecule has 24 heavy (non-hydrogen) atoms. The number of aryl methyl sites for hydroxylation is 2. The van der Waals surface area contributed by atoms with Gasteiger partial charge in [-0.25, -0.2) is 0 Å². The Morgan fingerprint density at radius 1 is 1.21 bits per heavy atom.